The molecule has 0 unspecified atom stereocenters. The highest BCUT2D eigenvalue weighted by Gasteiger charge is 2.42. The van der Waals surface area contributed by atoms with Gasteiger partial charge in [0.25, 0.3) is 5.91 Å². The fraction of sp³-hybridized carbons (Fsp3) is 0.222. The quantitative estimate of drug-likeness (QED) is 0.840. The molecule has 0 aromatic heterocycles. The Bertz CT molecular complexity index is 764. The number of rotatable bonds is 5. The van der Waals surface area contributed by atoms with Crippen LogP contribution < -0.4 is 10.2 Å². The van der Waals surface area contributed by atoms with E-state index >= 15 is 0 Å². The molecule has 0 bridgehead atoms. The lowest BCUT2D eigenvalue weighted by molar-refractivity contribution is -0.674. The van der Waals surface area contributed by atoms with Crippen molar-refractivity contribution < 1.29 is 19.3 Å². The van der Waals surface area contributed by atoms with Gasteiger partial charge in [0.1, 0.15) is 5.82 Å². The molecule has 1 saturated heterocycles. The smallest absolute Gasteiger partial charge is 0.292 e. The molecule has 0 spiro atoms. The van der Waals surface area contributed by atoms with Crippen LogP contribution in [0, 0.1) is 5.82 Å². The molecule has 1 heterocycles. The Balaban J connectivity index is 1.62. The average Bonchev–Trinajstić information content (AvgIpc) is 2.84. The van der Waals surface area contributed by atoms with Crippen molar-refractivity contribution in [1.82, 2.24) is 0 Å². The van der Waals surface area contributed by atoms with Crippen molar-refractivity contribution in [1.29, 1.82) is 0 Å². The molecule has 0 radical (unpaired) electrons. The van der Waals surface area contributed by atoms with Crippen LogP contribution in [0.25, 0.3) is 0 Å². The zero-order valence-electron chi connectivity index (χ0n) is 12.9. The van der Waals surface area contributed by atoms with Crippen LogP contribution in [-0.4, -0.2) is 24.4 Å². The SMILES string of the molecule is O=C1C[C@@H]([NH2+]CCc2ccccc2F)C(=O)N1c1ccc(Cl)cc1. The summed E-state index contributed by atoms with van der Waals surface area (Å²) in [5.41, 5.74) is 1.14. The van der Waals surface area contributed by atoms with Crippen molar-refractivity contribution in [3.05, 3.63) is 64.9 Å². The number of hydrogen-bond acceptors (Lipinski definition) is 2. The van der Waals surface area contributed by atoms with Gasteiger partial charge >= 0.3 is 0 Å². The number of nitrogens with zero attached hydrogens (tertiary/aromatic N) is 1. The second-order valence-corrected chi connectivity index (χ2v) is 6.16. The van der Waals surface area contributed by atoms with Gasteiger partial charge in [-0.3, -0.25) is 9.59 Å². The van der Waals surface area contributed by atoms with Crippen LogP contribution in [0.15, 0.2) is 48.5 Å². The minimum Gasteiger partial charge on any atom is -0.335 e. The summed E-state index contributed by atoms with van der Waals surface area (Å²) in [5.74, 6) is -0.715. The van der Waals surface area contributed by atoms with Crippen molar-refractivity contribution in [2.75, 3.05) is 11.4 Å². The maximum absolute atomic E-state index is 13.6. The molecule has 0 saturated carbocycles. The zero-order valence-corrected chi connectivity index (χ0v) is 13.7. The lowest BCUT2D eigenvalue weighted by Crippen LogP contribution is -2.92. The van der Waals surface area contributed by atoms with Crippen LogP contribution in [0.3, 0.4) is 0 Å². The van der Waals surface area contributed by atoms with Crippen molar-refractivity contribution in [2.24, 2.45) is 0 Å². The molecule has 4 nitrogen and oxygen atoms in total. The summed E-state index contributed by atoms with van der Waals surface area (Å²) in [6.45, 7) is 0.541. The average molecular weight is 348 g/mol. The van der Waals surface area contributed by atoms with Crippen molar-refractivity contribution in [3.8, 4) is 0 Å². The third-order valence-electron chi connectivity index (χ3n) is 4.09. The van der Waals surface area contributed by atoms with E-state index in [1.54, 1.807) is 42.5 Å². The molecule has 2 N–H and O–H groups in total. The fourth-order valence-corrected chi connectivity index (χ4v) is 2.97. The van der Waals surface area contributed by atoms with E-state index in [2.05, 4.69) is 0 Å². The molecule has 1 aliphatic heterocycles. The molecule has 124 valence electrons. The van der Waals surface area contributed by atoms with Crippen LogP contribution in [0.4, 0.5) is 10.1 Å². The second kappa shape index (κ2) is 7.11. The van der Waals surface area contributed by atoms with Gasteiger partial charge in [0.15, 0.2) is 6.04 Å². The summed E-state index contributed by atoms with van der Waals surface area (Å²) in [7, 11) is 0. The van der Waals surface area contributed by atoms with Gasteiger partial charge in [-0.15, -0.1) is 0 Å². The molecule has 1 fully saturated rings. The predicted molar refractivity (Wildman–Crippen MR) is 89.2 cm³/mol. The van der Waals surface area contributed by atoms with E-state index < -0.39 is 6.04 Å². The first-order valence-corrected chi connectivity index (χ1v) is 8.13. The monoisotopic (exact) mass is 347 g/mol. The number of nitrogens with two attached hydrogens (primary N) is 1. The molecule has 24 heavy (non-hydrogen) atoms. The molecule has 0 aliphatic carbocycles. The largest absolute Gasteiger partial charge is 0.335 e. The van der Waals surface area contributed by atoms with E-state index in [4.69, 9.17) is 11.6 Å². The Hall–Kier alpha value is -2.24. The number of quaternary nitrogens is 1. The highest BCUT2D eigenvalue weighted by atomic mass is 35.5. The first-order chi connectivity index (χ1) is 11.6. The number of hydrogen-bond donors (Lipinski definition) is 1. The van der Waals surface area contributed by atoms with Crippen LogP contribution in [-0.2, 0) is 16.0 Å². The van der Waals surface area contributed by atoms with Gasteiger partial charge < -0.3 is 5.32 Å². The van der Waals surface area contributed by atoms with Crippen LogP contribution in [0.2, 0.25) is 5.02 Å². The van der Waals surface area contributed by atoms with E-state index in [1.165, 1.54) is 11.0 Å². The molecular weight excluding hydrogens is 331 g/mol. The Kier molecular flexibility index (Phi) is 4.92. The maximum atomic E-state index is 13.6. The summed E-state index contributed by atoms with van der Waals surface area (Å²) >= 11 is 5.83. The van der Waals surface area contributed by atoms with Gasteiger partial charge in [0.2, 0.25) is 5.91 Å². The first-order valence-electron chi connectivity index (χ1n) is 7.75. The van der Waals surface area contributed by atoms with Gasteiger partial charge in [-0.2, -0.15) is 0 Å². The molecule has 6 heteroatoms. The van der Waals surface area contributed by atoms with Crippen molar-refractivity contribution in [2.45, 2.75) is 18.9 Å². The zero-order chi connectivity index (χ0) is 17.1. The van der Waals surface area contributed by atoms with Gasteiger partial charge in [0, 0.05) is 11.4 Å². The fourth-order valence-electron chi connectivity index (χ4n) is 2.84. The lowest BCUT2D eigenvalue weighted by atomic mass is 10.1. The van der Waals surface area contributed by atoms with Gasteiger partial charge in [0.05, 0.1) is 18.7 Å². The normalized spacial score (nSPS) is 17.6. The van der Waals surface area contributed by atoms with Crippen molar-refractivity contribution >= 4 is 29.1 Å². The molecule has 3 rings (SSSR count). The highest BCUT2D eigenvalue weighted by Crippen LogP contribution is 2.23. The van der Waals surface area contributed by atoms with Crippen LogP contribution in [0.5, 0.6) is 0 Å². The molecule has 2 aromatic carbocycles. The van der Waals surface area contributed by atoms with E-state index in [0.717, 1.165) is 0 Å². The number of benzene rings is 2. The van der Waals surface area contributed by atoms with E-state index in [-0.39, 0.29) is 24.1 Å². The first kappa shape index (κ1) is 16.6. The number of imide groups is 1. The van der Waals surface area contributed by atoms with Crippen LogP contribution in [0.1, 0.15) is 12.0 Å². The summed E-state index contributed by atoms with van der Waals surface area (Å²) < 4.78 is 13.6. The van der Waals surface area contributed by atoms with E-state index in [9.17, 15) is 14.0 Å². The summed E-state index contributed by atoms with van der Waals surface area (Å²) in [6, 6.07) is 12.7. The number of amides is 2. The van der Waals surface area contributed by atoms with Gasteiger partial charge in [-0.05, 0) is 35.9 Å². The lowest BCUT2D eigenvalue weighted by Gasteiger charge is -2.14. The number of carbonyl (C=O) groups excluding carboxylic acids is 2. The Morgan fingerprint density at radius 1 is 1.12 bits per heavy atom. The Labute approximate surface area is 144 Å². The summed E-state index contributed by atoms with van der Waals surface area (Å²) in [6.07, 6.45) is 0.657. The highest BCUT2D eigenvalue weighted by molar-refractivity contribution is 6.30. The third-order valence-corrected chi connectivity index (χ3v) is 4.34. The second-order valence-electron chi connectivity index (χ2n) is 5.72. The number of anilines is 1. The molecule has 2 amide bonds. The maximum Gasteiger partial charge on any atom is 0.292 e. The van der Waals surface area contributed by atoms with Crippen LogP contribution >= 0.6 is 11.6 Å². The molecule has 1 atom stereocenters. The summed E-state index contributed by atoms with van der Waals surface area (Å²) in [4.78, 5) is 25.8. The van der Waals surface area contributed by atoms with Crippen molar-refractivity contribution in [3.63, 3.8) is 0 Å². The summed E-state index contributed by atoms with van der Waals surface area (Å²) in [5, 5.41) is 2.36. The Morgan fingerprint density at radius 2 is 1.83 bits per heavy atom. The third kappa shape index (κ3) is 3.47. The number of carbonyl (C=O) groups is 2. The molecule has 1 aliphatic rings. The minimum absolute atomic E-state index is 0.152. The minimum atomic E-state index is -0.458. The number of halogens is 2. The van der Waals surface area contributed by atoms with E-state index in [0.29, 0.717) is 29.2 Å². The topological polar surface area (TPSA) is 54.0 Å². The van der Waals surface area contributed by atoms with E-state index in [1.807, 2.05) is 5.32 Å². The molecule has 2 aromatic rings. The Morgan fingerprint density at radius 3 is 2.54 bits per heavy atom. The van der Waals surface area contributed by atoms with Gasteiger partial charge in [-0.1, -0.05) is 29.8 Å². The van der Waals surface area contributed by atoms with Gasteiger partial charge in [-0.25, -0.2) is 9.29 Å². The standard InChI is InChI=1S/C18H16ClFN2O2/c19-13-5-7-14(8-6-13)22-17(23)11-16(18(22)24)21-10-9-12-3-1-2-4-15(12)20/h1-8,16,21H,9-11H2/p+1/t16-/m1/s1. The molecular formula is C18H17ClFN2O2+. The predicted octanol–water partition coefficient (Wildman–Crippen LogP) is 1.92.